The van der Waals surface area contributed by atoms with Gasteiger partial charge in [0.2, 0.25) is 0 Å². The van der Waals surface area contributed by atoms with Crippen molar-refractivity contribution in [2.24, 2.45) is 0 Å². The van der Waals surface area contributed by atoms with Crippen molar-refractivity contribution in [2.75, 3.05) is 4.90 Å². The van der Waals surface area contributed by atoms with Gasteiger partial charge in [-0.15, -0.1) is 0 Å². The van der Waals surface area contributed by atoms with Gasteiger partial charge in [-0.1, -0.05) is 41.1 Å². The number of halogens is 2. The molecule has 0 saturated carbocycles. The topological polar surface area (TPSA) is 79.7 Å². The monoisotopic (exact) mass is 520 g/mol. The van der Waals surface area contributed by atoms with E-state index >= 15 is 4.39 Å². The van der Waals surface area contributed by atoms with E-state index in [0.717, 1.165) is 21.8 Å². The van der Waals surface area contributed by atoms with E-state index in [4.69, 9.17) is 16.3 Å². The molecule has 2 unspecified atom stereocenters. The number of amides is 1. The Labute approximate surface area is 214 Å². The zero-order valence-electron chi connectivity index (χ0n) is 18.9. The number of thiazole rings is 1. The molecule has 4 aromatic rings. The number of ether oxygens (including phenoxy) is 1. The Kier molecular flexibility index (Phi) is 5.31. The largest absolute Gasteiger partial charge is 0.507 e. The zero-order valence-corrected chi connectivity index (χ0v) is 20.4. The Morgan fingerprint density at radius 2 is 1.97 bits per heavy atom. The summed E-state index contributed by atoms with van der Waals surface area (Å²) in [6, 6.07) is 14.9. The Hall–Kier alpha value is -3.75. The first-order valence-corrected chi connectivity index (χ1v) is 12.4. The molecule has 36 heavy (non-hydrogen) atoms. The molecule has 3 aromatic carbocycles. The summed E-state index contributed by atoms with van der Waals surface area (Å²) in [7, 11) is 0. The van der Waals surface area contributed by atoms with Crippen molar-refractivity contribution in [1.82, 2.24) is 4.98 Å². The quantitative estimate of drug-likeness (QED) is 0.202. The molecule has 6 rings (SSSR count). The van der Waals surface area contributed by atoms with Crippen molar-refractivity contribution in [2.45, 2.75) is 25.5 Å². The second-order valence-corrected chi connectivity index (χ2v) is 10.2. The van der Waals surface area contributed by atoms with E-state index in [-0.39, 0.29) is 28.1 Å². The van der Waals surface area contributed by atoms with Gasteiger partial charge < -0.3 is 9.84 Å². The van der Waals surface area contributed by atoms with Crippen molar-refractivity contribution in [3.63, 3.8) is 0 Å². The van der Waals surface area contributed by atoms with Gasteiger partial charge >= 0.3 is 5.91 Å². The molecule has 1 amide bonds. The lowest BCUT2D eigenvalue weighted by Gasteiger charge is -2.23. The van der Waals surface area contributed by atoms with Crippen LogP contribution < -0.4 is 9.64 Å². The van der Waals surface area contributed by atoms with Crippen LogP contribution in [0, 0.1) is 5.82 Å². The van der Waals surface area contributed by atoms with E-state index in [1.807, 2.05) is 6.92 Å². The molecule has 2 atom stereocenters. The summed E-state index contributed by atoms with van der Waals surface area (Å²) in [5, 5.41) is 12.1. The summed E-state index contributed by atoms with van der Waals surface area (Å²) in [5.74, 6) is -2.09. The van der Waals surface area contributed by atoms with Gasteiger partial charge in [-0.25, -0.2) is 9.37 Å². The second kappa shape index (κ2) is 8.43. The van der Waals surface area contributed by atoms with Crippen LogP contribution in [0.25, 0.3) is 16.0 Å². The second-order valence-electron chi connectivity index (χ2n) is 8.75. The number of Topliss-reactive ketones (excluding diaryl/α,β-unsaturated/α-hetero) is 1. The molecular formula is C27H18ClFN2O4S. The molecule has 2 aliphatic rings. The lowest BCUT2D eigenvalue weighted by molar-refractivity contribution is -0.132. The summed E-state index contributed by atoms with van der Waals surface area (Å²) < 4.78 is 21.5. The highest BCUT2D eigenvalue weighted by Crippen LogP contribution is 2.45. The highest BCUT2D eigenvalue weighted by atomic mass is 35.5. The Balaban J connectivity index is 1.55. The molecule has 0 spiro atoms. The average Bonchev–Trinajstić information content (AvgIpc) is 3.51. The third kappa shape index (κ3) is 3.56. The number of ketones is 1. The number of anilines is 1. The number of benzene rings is 3. The van der Waals surface area contributed by atoms with E-state index in [1.165, 1.54) is 18.2 Å². The molecule has 1 saturated heterocycles. The van der Waals surface area contributed by atoms with Gasteiger partial charge in [0.1, 0.15) is 29.5 Å². The molecule has 3 heterocycles. The minimum atomic E-state index is -1.20. The third-order valence-corrected chi connectivity index (χ3v) is 7.61. The summed E-state index contributed by atoms with van der Waals surface area (Å²) in [6.07, 6.45) is 0.643. The summed E-state index contributed by atoms with van der Waals surface area (Å²) in [6.45, 7) is 1.94. The van der Waals surface area contributed by atoms with Gasteiger partial charge in [-0.05, 0) is 55.0 Å². The molecule has 0 aliphatic carbocycles. The first-order valence-electron chi connectivity index (χ1n) is 11.2. The molecular weight excluding hydrogens is 503 g/mol. The minimum absolute atomic E-state index is 0.00562. The van der Waals surface area contributed by atoms with Gasteiger partial charge in [0.25, 0.3) is 5.78 Å². The van der Waals surface area contributed by atoms with Gasteiger partial charge in [-0.2, -0.15) is 0 Å². The highest BCUT2D eigenvalue weighted by molar-refractivity contribution is 7.22. The highest BCUT2D eigenvalue weighted by Gasteiger charge is 2.49. The molecule has 1 N–H and O–H groups in total. The van der Waals surface area contributed by atoms with Crippen LogP contribution in [0.3, 0.4) is 0 Å². The summed E-state index contributed by atoms with van der Waals surface area (Å²) in [5.41, 5.74) is 1.69. The predicted octanol–water partition coefficient (Wildman–Crippen LogP) is 6.04. The number of aromatic nitrogens is 1. The van der Waals surface area contributed by atoms with Crippen LogP contribution in [0.15, 0.2) is 66.2 Å². The fraction of sp³-hybridized carbons (Fsp3) is 0.148. The Morgan fingerprint density at radius 1 is 1.17 bits per heavy atom. The van der Waals surface area contributed by atoms with Crippen molar-refractivity contribution in [1.29, 1.82) is 0 Å². The number of aliphatic hydroxyl groups excluding tert-OH is 1. The van der Waals surface area contributed by atoms with E-state index in [1.54, 1.807) is 42.5 Å². The first-order chi connectivity index (χ1) is 17.3. The number of fused-ring (bicyclic) bond motifs is 2. The molecule has 1 fully saturated rings. The number of nitrogens with zero attached hydrogens (tertiary/aromatic N) is 2. The van der Waals surface area contributed by atoms with E-state index in [9.17, 15) is 14.7 Å². The van der Waals surface area contributed by atoms with Gasteiger partial charge in [0.05, 0.1) is 15.8 Å². The molecule has 1 aromatic heterocycles. The molecule has 180 valence electrons. The molecule has 2 aliphatic heterocycles. The minimum Gasteiger partial charge on any atom is -0.507 e. The van der Waals surface area contributed by atoms with Gasteiger partial charge in [0, 0.05) is 22.6 Å². The molecule has 6 nitrogen and oxygen atoms in total. The number of hydrogen-bond donors (Lipinski definition) is 1. The maximum Gasteiger partial charge on any atom is 0.301 e. The lowest BCUT2D eigenvalue weighted by Crippen LogP contribution is -2.29. The summed E-state index contributed by atoms with van der Waals surface area (Å²) in [4.78, 5) is 32.4. The van der Waals surface area contributed by atoms with Gasteiger partial charge in [0.15, 0.2) is 5.13 Å². The van der Waals surface area contributed by atoms with Crippen LogP contribution in [0.4, 0.5) is 9.52 Å². The number of hydrogen-bond acceptors (Lipinski definition) is 6. The zero-order chi connectivity index (χ0) is 25.1. The molecule has 9 heteroatoms. The molecule has 0 bridgehead atoms. The third-order valence-electron chi connectivity index (χ3n) is 6.36. The normalized spacial score (nSPS) is 20.7. The van der Waals surface area contributed by atoms with E-state index in [0.29, 0.717) is 33.0 Å². The Morgan fingerprint density at radius 3 is 2.78 bits per heavy atom. The lowest BCUT2D eigenvalue weighted by atomic mass is 9.94. The molecule has 0 radical (unpaired) electrons. The van der Waals surface area contributed by atoms with Crippen LogP contribution in [0.2, 0.25) is 5.02 Å². The number of rotatable bonds is 3. The fourth-order valence-corrected chi connectivity index (χ4v) is 6.00. The maximum absolute atomic E-state index is 15.1. The smallest absolute Gasteiger partial charge is 0.301 e. The van der Waals surface area contributed by atoms with E-state index < -0.39 is 23.5 Å². The van der Waals surface area contributed by atoms with Crippen molar-refractivity contribution < 1.29 is 23.8 Å². The van der Waals surface area contributed by atoms with E-state index in [2.05, 4.69) is 4.98 Å². The van der Waals surface area contributed by atoms with Crippen LogP contribution in [-0.4, -0.2) is 27.9 Å². The fourth-order valence-electron chi connectivity index (χ4n) is 4.74. The maximum atomic E-state index is 15.1. The SMILES string of the molecule is CC1Cc2cc(/C(O)=C3\C(=O)C(=O)N(c4nc5ccc(Cl)cc5s4)C3c3ccccc3F)ccc2O1. The standard InChI is InChI=1S/C27H18ClFN2O4S/c1-13-10-15-11-14(6-9-20(15)35-13)24(32)22-23(17-4-2-3-5-18(17)29)31(26(34)25(22)33)27-30-19-8-7-16(28)12-21(19)36-27/h2-9,11-13,23,32H,10H2,1H3/b24-22+. The van der Waals surface area contributed by atoms with Crippen LogP contribution in [-0.2, 0) is 16.0 Å². The van der Waals surface area contributed by atoms with Crippen LogP contribution in [0.1, 0.15) is 29.7 Å². The van der Waals surface area contributed by atoms with Crippen molar-refractivity contribution in [3.8, 4) is 5.75 Å². The first kappa shape index (κ1) is 22.7. The average molecular weight is 521 g/mol. The number of carbonyl (C=O) groups excluding carboxylic acids is 2. The van der Waals surface area contributed by atoms with Gasteiger partial charge in [-0.3, -0.25) is 14.5 Å². The predicted molar refractivity (Wildman–Crippen MR) is 136 cm³/mol. The van der Waals surface area contributed by atoms with Crippen molar-refractivity contribution >= 4 is 55.7 Å². The van der Waals surface area contributed by atoms with Crippen molar-refractivity contribution in [3.05, 3.63) is 93.8 Å². The summed E-state index contributed by atoms with van der Waals surface area (Å²) >= 11 is 7.27. The number of carbonyl (C=O) groups is 2. The van der Waals surface area contributed by atoms with Crippen LogP contribution in [0.5, 0.6) is 5.75 Å². The Bertz CT molecular complexity index is 1610. The number of aliphatic hydroxyl groups is 1. The van der Waals surface area contributed by atoms with Crippen LogP contribution >= 0.6 is 22.9 Å².